The van der Waals surface area contributed by atoms with Crippen molar-refractivity contribution in [3.05, 3.63) is 42.1 Å². The van der Waals surface area contributed by atoms with Crippen molar-refractivity contribution in [1.29, 1.82) is 0 Å². The van der Waals surface area contributed by atoms with Crippen LogP contribution < -0.4 is 4.90 Å². The summed E-state index contributed by atoms with van der Waals surface area (Å²) in [5.74, 6) is 1.39. The number of carbonyl (C=O) groups excluding carboxylic acids is 1. The first-order valence-electron chi connectivity index (χ1n) is 10.9. The van der Waals surface area contributed by atoms with Crippen LogP contribution >= 0.6 is 0 Å². The molecule has 2 fully saturated rings. The van der Waals surface area contributed by atoms with Crippen molar-refractivity contribution < 1.29 is 9.53 Å². The van der Waals surface area contributed by atoms with Crippen molar-refractivity contribution in [2.45, 2.75) is 33.0 Å². The molecule has 160 valence electrons. The molecule has 1 aromatic carbocycles. The Bertz CT molecular complexity index is 857. The number of benzene rings is 1. The van der Waals surface area contributed by atoms with Crippen molar-refractivity contribution >= 4 is 11.7 Å². The van der Waals surface area contributed by atoms with Crippen LogP contribution in [0.2, 0.25) is 0 Å². The van der Waals surface area contributed by atoms with Gasteiger partial charge in [0.05, 0.1) is 12.2 Å². The number of hydrogen-bond acceptors (Lipinski definition) is 6. The third kappa shape index (κ3) is 4.47. The topological polar surface area (TPSA) is 61.8 Å². The standard InChI is InChI=1S/C23H31N5O2/c1-4-26-10-12-27(13-11-26)22-20(23(29)28-15-17(2)30-18(3)16-28)14-24-21(25-22)19-8-6-5-7-9-19/h5-9,14,17-18H,4,10-13,15-16H2,1-3H3. The van der Waals surface area contributed by atoms with E-state index in [1.54, 1.807) is 6.20 Å². The van der Waals surface area contributed by atoms with Gasteiger partial charge in [-0.1, -0.05) is 37.3 Å². The number of piperazine rings is 1. The third-order valence-corrected chi connectivity index (χ3v) is 5.86. The molecule has 0 spiro atoms. The lowest BCUT2D eigenvalue weighted by Crippen LogP contribution is -2.49. The summed E-state index contributed by atoms with van der Waals surface area (Å²) in [4.78, 5) is 29.5. The molecule has 7 heteroatoms. The largest absolute Gasteiger partial charge is 0.372 e. The minimum atomic E-state index is -0.00969. The number of hydrogen-bond donors (Lipinski definition) is 0. The smallest absolute Gasteiger partial charge is 0.259 e. The molecule has 2 atom stereocenters. The molecule has 2 aromatic rings. The van der Waals surface area contributed by atoms with Crippen LogP contribution in [0.3, 0.4) is 0 Å². The number of amides is 1. The van der Waals surface area contributed by atoms with E-state index in [1.807, 2.05) is 49.1 Å². The van der Waals surface area contributed by atoms with Gasteiger partial charge in [0.2, 0.25) is 0 Å². The fraction of sp³-hybridized carbons (Fsp3) is 0.522. The Labute approximate surface area is 178 Å². The number of carbonyl (C=O) groups is 1. The van der Waals surface area contributed by atoms with Crippen molar-refractivity contribution in [3.8, 4) is 11.4 Å². The minimum absolute atomic E-state index is 0.00969. The lowest BCUT2D eigenvalue weighted by molar-refractivity contribution is -0.0586. The molecule has 2 aliphatic rings. The van der Waals surface area contributed by atoms with E-state index in [9.17, 15) is 4.79 Å². The van der Waals surface area contributed by atoms with Crippen LogP contribution in [0, 0.1) is 0 Å². The van der Waals surface area contributed by atoms with Gasteiger partial charge >= 0.3 is 0 Å². The average Bonchev–Trinajstić information content (AvgIpc) is 2.78. The van der Waals surface area contributed by atoms with Crippen molar-refractivity contribution in [1.82, 2.24) is 19.8 Å². The highest BCUT2D eigenvalue weighted by Crippen LogP contribution is 2.26. The van der Waals surface area contributed by atoms with E-state index in [1.165, 1.54) is 0 Å². The molecule has 0 N–H and O–H groups in total. The van der Waals surface area contributed by atoms with Gasteiger partial charge in [-0.25, -0.2) is 9.97 Å². The predicted molar refractivity (Wildman–Crippen MR) is 118 cm³/mol. The van der Waals surface area contributed by atoms with Gasteiger partial charge in [0.15, 0.2) is 5.82 Å². The third-order valence-electron chi connectivity index (χ3n) is 5.86. The monoisotopic (exact) mass is 409 g/mol. The zero-order chi connectivity index (χ0) is 21.1. The maximum absolute atomic E-state index is 13.5. The number of rotatable bonds is 4. The van der Waals surface area contributed by atoms with Gasteiger partial charge in [-0.2, -0.15) is 0 Å². The Morgan fingerprint density at radius 1 is 1.07 bits per heavy atom. The van der Waals surface area contributed by atoms with Crippen LogP contribution in [0.4, 0.5) is 5.82 Å². The lowest BCUT2D eigenvalue weighted by Gasteiger charge is -2.37. The van der Waals surface area contributed by atoms with Gasteiger partial charge in [-0.05, 0) is 20.4 Å². The number of likely N-dealkylation sites (N-methyl/N-ethyl adjacent to an activating group) is 1. The second-order valence-electron chi connectivity index (χ2n) is 8.19. The second-order valence-corrected chi connectivity index (χ2v) is 8.19. The number of anilines is 1. The Kier molecular flexibility index (Phi) is 6.29. The summed E-state index contributed by atoms with van der Waals surface area (Å²) in [6, 6.07) is 9.94. The highest BCUT2D eigenvalue weighted by atomic mass is 16.5. The van der Waals surface area contributed by atoms with Gasteiger partial charge in [0.1, 0.15) is 11.4 Å². The quantitative estimate of drug-likeness (QED) is 0.773. The molecule has 2 saturated heterocycles. The lowest BCUT2D eigenvalue weighted by atomic mass is 10.1. The van der Waals surface area contributed by atoms with E-state index >= 15 is 0 Å². The summed E-state index contributed by atoms with van der Waals surface area (Å²) in [7, 11) is 0. The fourth-order valence-electron chi connectivity index (χ4n) is 4.28. The Morgan fingerprint density at radius 3 is 2.37 bits per heavy atom. The van der Waals surface area contributed by atoms with Crippen molar-refractivity contribution in [3.63, 3.8) is 0 Å². The van der Waals surface area contributed by atoms with Crippen molar-refractivity contribution in [2.24, 2.45) is 0 Å². The molecule has 3 heterocycles. The molecular weight excluding hydrogens is 378 g/mol. The molecule has 7 nitrogen and oxygen atoms in total. The van der Waals surface area contributed by atoms with E-state index in [0.717, 1.165) is 44.1 Å². The van der Waals surface area contributed by atoms with E-state index in [4.69, 9.17) is 9.72 Å². The first-order valence-corrected chi connectivity index (χ1v) is 10.9. The van der Waals surface area contributed by atoms with E-state index in [0.29, 0.717) is 24.5 Å². The SMILES string of the molecule is CCN1CCN(c2nc(-c3ccccc3)ncc2C(=O)N2CC(C)OC(C)C2)CC1. The molecular formula is C23H31N5O2. The van der Waals surface area contributed by atoms with E-state index < -0.39 is 0 Å². The van der Waals surface area contributed by atoms with Crippen LogP contribution in [0.15, 0.2) is 36.5 Å². The molecule has 0 saturated carbocycles. The van der Waals surface area contributed by atoms with Gasteiger partial charge in [0, 0.05) is 51.0 Å². The average molecular weight is 410 g/mol. The molecule has 0 aliphatic carbocycles. The number of aromatic nitrogens is 2. The first kappa shape index (κ1) is 20.8. The van der Waals surface area contributed by atoms with Crippen molar-refractivity contribution in [2.75, 3.05) is 50.7 Å². The highest BCUT2D eigenvalue weighted by Gasteiger charge is 2.30. The zero-order valence-electron chi connectivity index (χ0n) is 18.1. The zero-order valence-corrected chi connectivity index (χ0v) is 18.1. The highest BCUT2D eigenvalue weighted by molar-refractivity contribution is 5.99. The maximum Gasteiger partial charge on any atom is 0.259 e. The molecule has 0 radical (unpaired) electrons. The summed E-state index contributed by atoms with van der Waals surface area (Å²) in [6.07, 6.45) is 1.77. The summed E-state index contributed by atoms with van der Waals surface area (Å²) in [5.41, 5.74) is 1.54. The fourth-order valence-corrected chi connectivity index (χ4v) is 4.28. The minimum Gasteiger partial charge on any atom is -0.372 e. The normalized spacial score (nSPS) is 22.9. The van der Waals surface area contributed by atoms with Crippen LogP contribution in [0.5, 0.6) is 0 Å². The molecule has 30 heavy (non-hydrogen) atoms. The Hall–Kier alpha value is -2.51. The molecule has 1 aromatic heterocycles. The summed E-state index contributed by atoms with van der Waals surface area (Å²) in [6.45, 7) is 12.1. The van der Waals surface area contributed by atoms with Crippen LogP contribution in [-0.4, -0.2) is 83.7 Å². The van der Waals surface area contributed by atoms with E-state index in [-0.39, 0.29) is 18.1 Å². The van der Waals surface area contributed by atoms with Gasteiger partial charge in [0.25, 0.3) is 5.91 Å². The van der Waals surface area contributed by atoms with Gasteiger partial charge in [-0.15, -0.1) is 0 Å². The molecule has 2 aliphatic heterocycles. The predicted octanol–water partition coefficient (Wildman–Crippen LogP) is 2.53. The Morgan fingerprint density at radius 2 is 1.73 bits per heavy atom. The van der Waals surface area contributed by atoms with Crippen LogP contribution in [0.25, 0.3) is 11.4 Å². The van der Waals surface area contributed by atoms with Gasteiger partial charge < -0.3 is 19.4 Å². The Balaban J connectivity index is 1.67. The molecule has 1 amide bonds. The van der Waals surface area contributed by atoms with E-state index in [2.05, 4.69) is 21.7 Å². The number of morpholine rings is 1. The van der Waals surface area contributed by atoms with Crippen LogP contribution in [0.1, 0.15) is 31.1 Å². The number of ether oxygens (including phenoxy) is 1. The summed E-state index contributed by atoms with van der Waals surface area (Å²) < 4.78 is 5.81. The number of nitrogens with zero attached hydrogens (tertiary/aromatic N) is 5. The summed E-state index contributed by atoms with van der Waals surface area (Å²) >= 11 is 0. The molecule has 2 unspecified atom stereocenters. The molecule has 4 rings (SSSR count). The summed E-state index contributed by atoms with van der Waals surface area (Å²) in [5, 5.41) is 0. The first-order chi connectivity index (χ1) is 14.5. The van der Waals surface area contributed by atoms with Gasteiger partial charge in [-0.3, -0.25) is 4.79 Å². The maximum atomic E-state index is 13.5. The molecule has 0 bridgehead atoms. The van der Waals surface area contributed by atoms with Crippen LogP contribution in [-0.2, 0) is 4.74 Å². The second kappa shape index (κ2) is 9.10.